The van der Waals surface area contributed by atoms with Crippen LogP contribution >= 0.6 is 0 Å². The minimum Gasteiger partial charge on any atom is -0.488 e. The largest absolute Gasteiger partial charge is 0.488 e. The Bertz CT molecular complexity index is 1310. The molecule has 0 fully saturated rings. The normalized spacial score (nSPS) is 11.9. The highest BCUT2D eigenvalue weighted by Gasteiger charge is 2.15. The number of aliphatic hydroxyl groups is 1. The Morgan fingerprint density at radius 2 is 1.69 bits per heavy atom. The van der Waals surface area contributed by atoms with Crippen molar-refractivity contribution < 1.29 is 37.3 Å². The molecule has 3 aromatic rings. The predicted molar refractivity (Wildman–Crippen MR) is 127 cm³/mol. The van der Waals surface area contributed by atoms with Gasteiger partial charge in [-0.25, -0.2) is 18.2 Å². The lowest BCUT2D eigenvalue weighted by molar-refractivity contribution is 0.0600. The minimum atomic E-state index is -3.36. The van der Waals surface area contributed by atoms with Crippen LogP contribution < -0.4 is 14.8 Å². The summed E-state index contributed by atoms with van der Waals surface area (Å²) in [7, 11) is -2.10. The molecular weight excluding hydrogens is 476 g/mol. The summed E-state index contributed by atoms with van der Waals surface area (Å²) in [6.07, 6.45) is 1.84. The van der Waals surface area contributed by atoms with Crippen molar-refractivity contribution in [2.75, 3.05) is 25.3 Å². The Kier molecular flexibility index (Phi) is 8.05. The summed E-state index contributed by atoms with van der Waals surface area (Å²) < 4.78 is 39.4. The number of benzene rings is 2. The van der Waals surface area contributed by atoms with Gasteiger partial charge in [-0.3, -0.25) is 4.79 Å². The second-order valence-electron chi connectivity index (χ2n) is 7.53. The van der Waals surface area contributed by atoms with Gasteiger partial charge in [-0.2, -0.15) is 0 Å². The number of carbonyl (C=O) groups excluding carboxylic acids is 2. The first kappa shape index (κ1) is 25.7. The van der Waals surface area contributed by atoms with Crippen LogP contribution in [0.25, 0.3) is 0 Å². The molecule has 0 saturated carbocycles. The highest BCUT2D eigenvalue weighted by atomic mass is 32.2. The van der Waals surface area contributed by atoms with Gasteiger partial charge in [-0.15, -0.1) is 0 Å². The van der Waals surface area contributed by atoms with Crippen molar-refractivity contribution in [2.45, 2.75) is 17.9 Å². The van der Waals surface area contributed by atoms with Gasteiger partial charge in [0.15, 0.2) is 9.84 Å². The van der Waals surface area contributed by atoms with E-state index in [4.69, 9.17) is 9.47 Å². The molecule has 0 bridgehead atoms. The summed E-state index contributed by atoms with van der Waals surface area (Å²) in [6.45, 7) is 1.42. The van der Waals surface area contributed by atoms with Crippen molar-refractivity contribution in [3.05, 3.63) is 71.9 Å². The molecule has 11 heteroatoms. The van der Waals surface area contributed by atoms with Crippen molar-refractivity contribution in [1.82, 2.24) is 4.98 Å². The summed E-state index contributed by atoms with van der Waals surface area (Å²) >= 11 is 0. The van der Waals surface area contributed by atoms with Crippen LogP contribution in [0, 0.1) is 0 Å². The monoisotopic (exact) mass is 500 g/mol. The van der Waals surface area contributed by atoms with E-state index in [1.54, 1.807) is 6.92 Å². The Hall–Kier alpha value is -3.96. The third kappa shape index (κ3) is 7.01. The topological polar surface area (TPSA) is 141 Å². The number of sulfone groups is 1. The molecule has 0 aliphatic carbocycles. The maximum absolute atomic E-state index is 12.9. The average Bonchev–Trinajstić information content (AvgIpc) is 2.83. The zero-order valence-electron chi connectivity index (χ0n) is 19.2. The van der Waals surface area contributed by atoms with Crippen molar-refractivity contribution in [3.8, 4) is 17.2 Å². The summed E-state index contributed by atoms with van der Waals surface area (Å²) in [5, 5.41) is 11.9. The lowest BCUT2D eigenvalue weighted by Crippen LogP contribution is -2.17. The number of methoxy groups -OCH3 is 1. The Labute approximate surface area is 202 Å². The molecule has 2 N–H and O–H groups in total. The van der Waals surface area contributed by atoms with Gasteiger partial charge in [0.25, 0.3) is 5.91 Å². The Morgan fingerprint density at radius 3 is 2.26 bits per heavy atom. The molecule has 0 radical (unpaired) electrons. The highest BCUT2D eigenvalue weighted by molar-refractivity contribution is 7.90. The SMILES string of the molecule is COC(=O)c1ccc(NC(=O)c2cc(Oc3ccc(S(C)(=O)=O)cc3)cc(O[C@@H](C)CO)c2)nc1. The van der Waals surface area contributed by atoms with Crippen LogP contribution in [0.15, 0.2) is 65.7 Å². The highest BCUT2D eigenvalue weighted by Crippen LogP contribution is 2.29. The van der Waals surface area contributed by atoms with E-state index < -0.39 is 27.8 Å². The number of aliphatic hydroxyl groups excluding tert-OH is 1. The van der Waals surface area contributed by atoms with Gasteiger partial charge in [0.1, 0.15) is 29.2 Å². The van der Waals surface area contributed by atoms with E-state index in [1.807, 2.05) is 0 Å². The van der Waals surface area contributed by atoms with Gasteiger partial charge >= 0.3 is 5.97 Å². The van der Waals surface area contributed by atoms with Crippen LogP contribution in [0.1, 0.15) is 27.6 Å². The molecule has 2 aromatic carbocycles. The Morgan fingerprint density at radius 1 is 1.00 bits per heavy atom. The van der Waals surface area contributed by atoms with E-state index in [9.17, 15) is 23.1 Å². The molecule has 1 heterocycles. The second-order valence-corrected chi connectivity index (χ2v) is 9.54. The van der Waals surface area contributed by atoms with Crippen molar-refractivity contribution >= 4 is 27.5 Å². The molecule has 0 spiro atoms. The third-order valence-corrected chi connectivity index (χ3v) is 5.78. The molecule has 0 aliphatic rings. The summed E-state index contributed by atoms with van der Waals surface area (Å²) in [5.74, 6) is -0.00477. The van der Waals surface area contributed by atoms with Crippen molar-refractivity contribution in [3.63, 3.8) is 0 Å². The van der Waals surface area contributed by atoms with Crippen LogP contribution in [0.4, 0.5) is 5.82 Å². The number of amides is 1. The lowest BCUT2D eigenvalue weighted by atomic mass is 10.1. The molecule has 0 aliphatic heterocycles. The number of aromatic nitrogens is 1. The first-order valence-electron chi connectivity index (χ1n) is 10.4. The fourth-order valence-corrected chi connectivity index (χ4v) is 3.52. The van der Waals surface area contributed by atoms with E-state index in [0.717, 1.165) is 6.26 Å². The maximum Gasteiger partial charge on any atom is 0.339 e. The number of ether oxygens (including phenoxy) is 3. The lowest BCUT2D eigenvalue weighted by Gasteiger charge is -2.15. The molecule has 0 unspecified atom stereocenters. The molecule has 1 aromatic heterocycles. The second kappa shape index (κ2) is 11.0. The number of nitrogens with one attached hydrogen (secondary N) is 1. The zero-order valence-corrected chi connectivity index (χ0v) is 20.0. The van der Waals surface area contributed by atoms with Crippen molar-refractivity contribution in [2.24, 2.45) is 0 Å². The first-order valence-corrected chi connectivity index (χ1v) is 12.2. The molecular formula is C24H24N2O8S. The van der Waals surface area contributed by atoms with Crippen LogP contribution in [-0.4, -0.2) is 56.5 Å². The third-order valence-electron chi connectivity index (χ3n) is 4.65. The van der Waals surface area contributed by atoms with Gasteiger partial charge in [0, 0.05) is 24.1 Å². The summed E-state index contributed by atoms with van der Waals surface area (Å²) in [6, 6.07) is 13.2. The van der Waals surface area contributed by atoms with E-state index in [-0.39, 0.29) is 39.9 Å². The number of anilines is 1. The molecule has 1 amide bonds. The van der Waals surface area contributed by atoms with Crippen molar-refractivity contribution in [1.29, 1.82) is 0 Å². The van der Waals surface area contributed by atoms with Gasteiger partial charge in [-0.05, 0) is 55.5 Å². The van der Waals surface area contributed by atoms with Gasteiger partial charge in [-0.1, -0.05) is 0 Å². The number of nitrogens with zero attached hydrogens (tertiary/aromatic N) is 1. The molecule has 0 saturated heterocycles. The van der Waals surface area contributed by atoms with Crippen LogP contribution in [0.2, 0.25) is 0 Å². The molecule has 184 valence electrons. The van der Waals surface area contributed by atoms with Crippen LogP contribution in [0.3, 0.4) is 0 Å². The average molecular weight is 501 g/mol. The van der Waals surface area contributed by atoms with E-state index in [1.165, 1.54) is 67.9 Å². The number of carbonyl (C=O) groups is 2. The van der Waals surface area contributed by atoms with Gasteiger partial charge in [0.2, 0.25) is 0 Å². The number of hydrogen-bond donors (Lipinski definition) is 2. The Balaban J connectivity index is 1.85. The summed E-state index contributed by atoms with van der Waals surface area (Å²) in [4.78, 5) is 28.6. The zero-order chi connectivity index (χ0) is 25.6. The number of esters is 1. The van der Waals surface area contributed by atoms with Gasteiger partial charge in [0.05, 0.1) is 24.2 Å². The predicted octanol–water partition coefficient (Wildman–Crippen LogP) is 3.08. The first-order chi connectivity index (χ1) is 16.6. The standard InChI is InChI=1S/C24H24N2O8S/c1-15(14-27)33-19-10-17(23(28)26-22-9-4-16(13-25-22)24(29)32-2)11-20(12-19)34-18-5-7-21(8-6-18)35(3,30)31/h4-13,15,27H,14H2,1-3H3,(H,25,26,28)/t15-/m0/s1. The van der Waals surface area contributed by atoms with Crippen LogP contribution in [0.5, 0.6) is 17.2 Å². The fourth-order valence-electron chi connectivity index (χ4n) is 2.89. The summed E-state index contributed by atoms with van der Waals surface area (Å²) in [5.41, 5.74) is 0.408. The van der Waals surface area contributed by atoms with E-state index in [2.05, 4.69) is 15.0 Å². The number of rotatable bonds is 9. The van der Waals surface area contributed by atoms with E-state index in [0.29, 0.717) is 5.75 Å². The van der Waals surface area contributed by atoms with E-state index >= 15 is 0 Å². The van der Waals surface area contributed by atoms with Crippen LogP contribution in [-0.2, 0) is 14.6 Å². The number of hydrogen-bond acceptors (Lipinski definition) is 9. The maximum atomic E-state index is 12.9. The minimum absolute atomic E-state index is 0.143. The molecule has 35 heavy (non-hydrogen) atoms. The molecule has 3 rings (SSSR count). The fraction of sp³-hybridized carbons (Fsp3) is 0.208. The quantitative estimate of drug-likeness (QED) is 0.424. The smallest absolute Gasteiger partial charge is 0.339 e. The molecule has 10 nitrogen and oxygen atoms in total. The number of pyridine rings is 1. The van der Waals surface area contributed by atoms with Gasteiger partial charge < -0.3 is 24.6 Å². The molecule has 1 atom stereocenters.